The summed E-state index contributed by atoms with van der Waals surface area (Å²) < 4.78 is 5.01. The number of carboxylic acids is 1. The normalized spacial score (nSPS) is 13.6. The summed E-state index contributed by atoms with van der Waals surface area (Å²) in [7, 11) is 1.51. The molecule has 0 heterocycles. The third-order valence-electron chi connectivity index (χ3n) is 5.21. The topological polar surface area (TPSA) is 99.0 Å². The van der Waals surface area contributed by atoms with Gasteiger partial charge in [-0.15, -0.1) is 6.58 Å². The second kappa shape index (κ2) is 18.9. The number of benzene rings is 2. The van der Waals surface area contributed by atoms with Crippen LogP contribution >= 0.6 is 11.6 Å². The van der Waals surface area contributed by atoms with Crippen LogP contribution in [0.5, 0.6) is 5.75 Å². The molecular formula is C28H42ClNO5. The molecule has 2 unspecified atom stereocenters. The van der Waals surface area contributed by atoms with Gasteiger partial charge in [0, 0.05) is 5.92 Å². The number of aliphatic carboxylic acids is 1. The predicted octanol–water partition coefficient (Wildman–Crippen LogP) is 5.81. The van der Waals surface area contributed by atoms with Crippen molar-refractivity contribution in [3.8, 4) is 5.75 Å². The molecule has 0 aliphatic rings. The maximum atomic E-state index is 11.0. The van der Waals surface area contributed by atoms with Crippen LogP contribution in [0.1, 0.15) is 64.0 Å². The molecule has 0 fully saturated rings. The largest absolute Gasteiger partial charge is 0.495 e. The number of halogens is 1. The number of carbonyl (C=O) groups is 1. The molecule has 35 heavy (non-hydrogen) atoms. The Kier molecular flexibility index (Phi) is 17.6. The monoisotopic (exact) mass is 507 g/mol. The molecule has 4 N–H and O–H groups in total. The zero-order valence-electron chi connectivity index (χ0n) is 21.6. The van der Waals surface area contributed by atoms with E-state index in [9.17, 15) is 9.90 Å². The molecule has 4 atom stereocenters. The average Bonchev–Trinajstić information content (AvgIpc) is 2.84. The highest BCUT2D eigenvalue weighted by atomic mass is 35.5. The van der Waals surface area contributed by atoms with Crippen molar-refractivity contribution in [2.24, 2.45) is 0 Å². The lowest BCUT2D eigenvalue weighted by molar-refractivity contribution is -0.140. The van der Waals surface area contributed by atoms with E-state index in [1.54, 1.807) is 18.2 Å². The van der Waals surface area contributed by atoms with Gasteiger partial charge < -0.3 is 20.1 Å². The minimum Gasteiger partial charge on any atom is -0.495 e. The van der Waals surface area contributed by atoms with Gasteiger partial charge in [-0.05, 0) is 49.4 Å². The Morgan fingerprint density at radius 3 is 2.17 bits per heavy atom. The van der Waals surface area contributed by atoms with Gasteiger partial charge in [0.2, 0.25) is 0 Å². The molecule has 0 aliphatic heterocycles. The van der Waals surface area contributed by atoms with E-state index in [1.165, 1.54) is 26.0 Å². The molecule has 6 nitrogen and oxygen atoms in total. The fourth-order valence-electron chi connectivity index (χ4n) is 3.12. The summed E-state index contributed by atoms with van der Waals surface area (Å²) in [5.41, 5.74) is 1.97. The molecule has 0 saturated heterocycles. The van der Waals surface area contributed by atoms with Crippen LogP contribution in [0, 0.1) is 0 Å². The second-order valence-electron chi connectivity index (χ2n) is 8.16. The summed E-state index contributed by atoms with van der Waals surface area (Å²) in [4.78, 5) is 11.0. The van der Waals surface area contributed by atoms with Gasteiger partial charge in [-0.1, -0.05) is 81.3 Å². The van der Waals surface area contributed by atoms with Crippen LogP contribution in [-0.4, -0.2) is 46.8 Å². The van der Waals surface area contributed by atoms with Crippen LogP contribution in [0.4, 0.5) is 0 Å². The zero-order chi connectivity index (χ0) is 26.8. The number of nitrogens with one attached hydrogen (secondary N) is 1. The molecule has 0 bridgehead atoms. The fraction of sp³-hybridized carbons (Fsp3) is 0.464. The van der Waals surface area contributed by atoms with E-state index < -0.39 is 18.2 Å². The van der Waals surface area contributed by atoms with Crippen molar-refractivity contribution in [2.75, 3.05) is 7.11 Å². The van der Waals surface area contributed by atoms with Crippen LogP contribution in [0.3, 0.4) is 0 Å². The molecular weight excluding hydrogens is 466 g/mol. The maximum Gasteiger partial charge on any atom is 0.321 e. The van der Waals surface area contributed by atoms with Gasteiger partial charge in [-0.2, -0.15) is 0 Å². The number of ether oxygens (including phenoxy) is 1. The maximum absolute atomic E-state index is 11.0. The van der Waals surface area contributed by atoms with E-state index in [0.29, 0.717) is 10.8 Å². The van der Waals surface area contributed by atoms with E-state index in [0.717, 1.165) is 18.4 Å². The second-order valence-corrected chi connectivity index (χ2v) is 8.57. The van der Waals surface area contributed by atoms with Gasteiger partial charge in [-0.3, -0.25) is 10.1 Å². The molecule has 0 saturated carbocycles. The summed E-state index contributed by atoms with van der Waals surface area (Å²) in [6, 6.07) is 14.3. The Morgan fingerprint density at radius 1 is 1.14 bits per heavy atom. The molecule has 0 aliphatic carbocycles. The molecule has 0 radical (unpaired) electrons. The average molecular weight is 508 g/mol. The highest BCUT2D eigenvalue weighted by molar-refractivity contribution is 6.32. The van der Waals surface area contributed by atoms with Crippen LogP contribution in [0.15, 0.2) is 61.2 Å². The van der Waals surface area contributed by atoms with Crippen LogP contribution in [-0.2, 0) is 11.2 Å². The number of carboxylic acid groups (broad SMARTS) is 1. The molecule has 7 heteroatoms. The summed E-state index contributed by atoms with van der Waals surface area (Å²) in [6.07, 6.45) is 4.25. The van der Waals surface area contributed by atoms with Crippen LogP contribution in [0.25, 0.3) is 0 Å². The molecule has 196 valence electrons. The lowest BCUT2D eigenvalue weighted by Crippen LogP contribution is -2.43. The van der Waals surface area contributed by atoms with Crippen molar-refractivity contribution in [1.82, 2.24) is 5.32 Å². The summed E-state index contributed by atoms with van der Waals surface area (Å²) in [6.45, 7) is 11.2. The summed E-state index contributed by atoms with van der Waals surface area (Å²) in [5, 5.41) is 30.8. The van der Waals surface area contributed by atoms with Gasteiger partial charge in [0.05, 0.1) is 18.2 Å². The third kappa shape index (κ3) is 13.9. The van der Waals surface area contributed by atoms with Crippen molar-refractivity contribution in [2.45, 2.75) is 77.7 Å². The van der Waals surface area contributed by atoms with E-state index in [1.807, 2.05) is 31.2 Å². The smallest absolute Gasteiger partial charge is 0.321 e. The Morgan fingerprint density at radius 2 is 1.77 bits per heavy atom. The van der Waals surface area contributed by atoms with Crippen molar-refractivity contribution >= 4 is 17.6 Å². The molecule has 2 rings (SSSR count). The van der Waals surface area contributed by atoms with E-state index in [-0.39, 0.29) is 18.4 Å². The number of aliphatic hydroxyl groups excluding tert-OH is 2. The standard InChI is InChI=1S/C12H16ClNO4.C11H16O.C5H10/c1-7(15)14-10(12(16)17)6-8-3-4-11(18-2)9(13)5-8;1-3-11(12)9(2)10-7-5-4-6-8-10;1-3-5-4-2/h3-5,7,10,14-15H,6H2,1-2H3,(H,16,17);4-9,11-12H,3H2,1-2H3;3H,1,4-5H2,2H3/t7?,10-;9?,11-;/m11./s1. The van der Waals surface area contributed by atoms with Crippen molar-refractivity contribution in [1.29, 1.82) is 0 Å². The highest BCUT2D eigenvalue weighted by Crippen LogP contribution is 2.25. The summed E-state index contributed by atoms with van der Waals surface area (Å²) in [5.74, 6) is -0.241. The minimum atomic E-state index is -1.03. The van der Waals surface area contributed by atoms with Gasteiger partial charge >= 0.3 is 5.97 Å². The van der Waals surface area contributed by atoms with E-state index >= 15 is 0 Å². The molecule has 2 aromatic rings. The lowest BCUT2D eigenvalue weighted by Gasteiger charge is -2.17. The van der Waals surface area contributed by atoms with Crippen molar-refractivity contribution in [3.63, 3.8) is 0 Å². The fourth-order valence-corrected chi connectivity index (χ4v) is 3.40. The van der Waals surface area contributed by atoms with E-state index in [4.69, 9.17) is 26.6 Å². The first-order chi connectivity index (χ1) is 16.6. The molecule has 0 aromatic heterocycles. The van der Waals surface area contributed by atoms with E-state index in [2.05, 4.69) is 37.9 Å². The third-order valence-corrected chi connectivity index (χ3v) is 5.51. The number of aliphatic hydroxyl groups is 2. The van der Waals surface area contributed by atoms with Gasteiger partial charge in [0.25, 0.3) is 0 Å². The quantitative estimate of drug-likeness (QED) is 0.226. The highest BCUT2D eigenvalue weighted by Gasteiger charge is 2.19. The van der Waals surface area contributed by atoms with Crippen LogP contribution in [0.2, 0.25) is 5.02 Å². The summed E-state index contributed by atoms with van der Waals surface area (Å²) >= 11 is 5.96. The molecule has 0 amide bonds. The lowest BCUT2D eigenvalue weighted by atomic mass is 9.94. The van der Waals surface area contributed by atoms with Crippen molar-refractivity contribution < 1.29 is 24.9 Å². The SMILES string of the molecule is C=CCCC.CC[C@@H](O)C(C)c1ccccc1.COc1ccc(C[C@@H](NC(C)O)C(=O)O)cc1Cl. The number of methoxy groups -OCH3 is 1. The van der Waals surface area contributed by atoms with Gasteiger partial charge in [0.15, 0.2) is 0 Å². The van der Waals surface area contributed by atoms with Crippen molar-refractivity contribution in [3.05, 3.63) is 77.3 Å². The number of rotatable bonds is 11. The first-order valence-corrected chi connectivity index (χ1v) is 12.3. The van der Waals surface area contributed by atoms with Gasteiger partial charge in [0.1, 0.15) is 18.0 Å². The first-order valence-electron chi connectivity index (χ1n) is 11.9. The minimum absolute atomic E-state index is 0.215. The molecule has 0 spiro atoms. The zero-order valence-corrected chi connectivity index (χ0v) is 22.3. The Labute approximate surface area is 215 Å². The number of hydrogen-bond donors (Lipinski definition) is 4. The Balaban J connectivity index is 0.000000583. The predicted molar refractivity (Wildman–Crippen MR) is 144 cm³/mol. The number of hydrogen-bond acceptors (Lipinski definition) is 5. The Bertz CT molecular complexity index is 844. The first kappa shape index (κ1) is 32.6. The Hall–Kier alpha value is -2.38. The number of allylic oxidation sites excluding steroid dienone is 1. The molecule has 2 aromatic carbocycles. The number of unbranched alkanes of at least 4 members (excludes halogenated alkanes) is 1. The van der Waals surface area contributed by atoms with Crippen LogP contribution < -0.4 is 10.1 Å². The van der Waals surface area contributed by atoms with Gasteiger partial charge in [-0.25, -0.2) is 0 Å².